The zero-order valence-electron chi connectivity index (χ0n) is 20.1. The Morgan fingerprint density at radius 3 is 2.24 bits per heavy atom. The molecule has 6 unspecified atom stereocenters. The van der Waals surface area contributed by atoms with E-state index in [-0.39, 0.29) is 0 Å². The third kappa shape index (κ3) is 3.95. The Bertz CT molecular complexity index is 1050. The molecular weight excluding hydrogens is 416 g/mol. The quantitative estimate of drug-likeness (QED) is 0.476. The number of ether oxygens (including phenoxy) is 1. The SMILES string of the molecule is COc1ccccc1CNC1CC2CC3CCCC2N3C1C(c1ccccc1)c1ccccc1. The van der Waals surface area contributed by atoms with Crippen molar-refractivity contribution in [3.05, 3.63) is 102 Å². The van der Waals surface area contributed by atoms with Crippen LogP contribution in [0.15, 0.2) is 84.9 Å². The third-order valence-corrected chi connectivity index (χ3v) is 8.68. The lowest BCUT2D eigenvalue weighted by molar-refractivity contribution is 0.0151. The van der Waals surface area contributed by atoms with Crippen LogP contribution in [-0.2, 0) is 6.54 Å². The van der Waals surface area contributed by atoms with Crippen LogP contribution in [0.5, 0.6) is 5.75 Å². The largest absolute Gasteiger partial charge is 0.496 e. The molecule has 3 aromatic rings. The number of nitrogens with one attached hydrogen (secondary N) is 1. The van der Waals surface area contributed by atoms with E-state index in [0.29, 0.717) is 18.0 Å². The normalized spacial score (nSPS) is 29.8. The summed E-state index contributed by atoms with van der Waals surface area (Å²) in [5.74, 6) is 2.16. The molecule has 34 heavy (non-hydrogen) atoms. The number of hydrogen-bond donors (Lipinski definition) is 1. The van der Waals surface area contributed by atoms with Crippen molar-refractivity contribution in [3.63, 3.8) is 0 Å². The highest BCUT2D eigenvalue weighted by Crippen LogP contribution is 2.51. The summed E-state index contributed by atoms with van der Waals surface area (Å²) in [6.45, 7) is 0.845. The first-order chi connectivity index (χ1) is 16.8. The van der Waals surface area contributed by atoms with Crippen molar-refractivity contribution in [2.45, 2.75) is 68.7 Å². The van der Waals surface area contributed by atoms with E-state index in [1.807, 2.05) is 0 Å². The van der Waals surface area contributed by atoms with Gasteiger partial charge in [-0.1, -0.05) is 85.3 Å². The van der Waals surface area contributed by atoms with Gasteiger partial charge in [-0.15, -0.1) is 0 Å². The van der Waals surface area contributed by atoms with Crippen LogP contribution in [0.25, 0.3) is 0 Å². The second-order valence-corrected chi connectivity index (χ2v) is 10.4. The summed E-state index contributed by atoms with van der Waals surface area (Å²) >= 11 is 0. The predicted molar refractivity (Wildman–Crippen MR) is 138 cm³/mol. The van der Waals surface area contributed by atoms with Gasteiger partial charge in [-0.3, -0.25) is 4.90 Å². The molecule has 0 aromatic heterocycles. The minimum Gasteiger partial charge on any atom is -0.496 e. The predicted octanol–water partition coefficient (Wildman–Crippen LogP) is 6.00. The number of para-hydroxylation sites is 1. The molecule has 3 heterocycles. The lowest BCUT2D eigenvalue weighted by Crippen LogP contribution is -2.61. The van der Waals surface area contributed by atoms with Gasteiger partial charge >= 0.3 is 0 Å². The van der Waals surface area contributed by atoms with Crippen LogP contribution < -0.4 is 10.1 Å². The van der Waals surface area contributed by atoms with Crippen molar-refractivity contribution < 1.29 is 4.74 Å². The van der Waals surface area contributed by atoms with Crippen LogP contribution in [0.1, 0.15) is 54.7 Å². The fourth-order valence-electron chi connectivity index (χ4n) is 7.35. The van der Waals surface area contributed by atoms with Gasteiger partial charge in [-0.25, -0.2) is 0 Å². The summed E-state index contributed by atoms with van der Waals surface area (Å²) in [5, 5.41) is 4.05. The van der Waals surface area contributed by atoms with Crippen molar-refractivity contribution in [1.29, 1.82) is 0 Å². The molecule has 0 amide bonds. The molecule has 0 spiro atoms. The number of piperidine rings is 2. The Kier molecular flexibility index (Phi) is 6.15. The standard InChI is InChI=1S/C31H36N2O/c1-34-29-18-9-8-15-24(29)21-32-27-20-25-19-26-16-10-17-28(25)33(26)31(27)30(22-11-4-2-5-12-22)23-13-6-3-7-14-23/h2-9,11-15,18,25-28,30-32H,10,16-17,19-21H2,1H3. The highest BCUT2D eigenvalue weighted by molar-refractivity contribution is 5.37. The molecule has 6 rings (SSSR count). The summed E-state index contributed by atoms with van der Waals surface area (Å²) in [7, 11) is 1.77. The molecule has 3 aliphatic rings. The van der Waals surface area contributed by atoms with Gasteiger partial charge in [0, 0.05) is 42.2 Å². The van der Waals surface area contributed by atoms with Crippen LogP contribution in [0.4, 0.5) is 0 Å². The monoisotopic (exact) mass is 452 g/mol. The Balaban J connectivity index is 1.39. The third-order valence-electron chi connectivity index (χ3n) is 8.68. The van der Waals surface area contributed by atoms with E-state index in [1.54, 1.807) is 7.11 Å². The van der Waals surface area contributed by atoms with Gasteiger partial charge in [0.15, 0.2) is 0 Å². The average molecular weight is 453 g/mol. The van der Waals surface area contributed by atoms with Gasteiger partial charge in [0.25, 0.3) is 0 Å². The molecule has 0 saturated carbocycles. The zero-order chi connectivity index (χ0) is 22.9. The maximum absolute atomic E-state index is 5.66. The van der Waals surface area contributed by atoms with E-state index >= 15 is 0 Å². The summed E-state index contributed by atoms with van der Waals surface area (Å²) in [4.78, 5) is 2.97. The molecular formula is C31H36N2O. The van der Waals surface area contributed by atoms with E-state index in [4.69, 9.17) is 4.74 Å². The van der Waals surface area contributed by atoms with Crippen molar-refractivity contribution >= 4 is 0 Å². The Morgan fingerprint density at radius 2 is 1.53 bits per heavy atom. The summed E-state index contributed by atoms with van der Waals surface area (Å²) in [5.41, 5.74) is 4.12. The molecule has 3 aromatic carbocycles. The van der Waals surface area contributed by atoms with Crippen LogP contribution in [0, 0.1) is 5.92 Å². The highest BCUT2D eigenvalue weighted by Gasteiger charge is 2.54. The number of hydrogen-bond acceptors (Lipinski definition) is 3. The molecule has 1 N–H and O–H groups in total. The van der Waals surface area contributed by atoms with Crippen LogP contribution >= 0.6 is 0 Å². The molecule has 3 heteroatoms. The van der Waals surface area contributed by atoms with Crippen molar-refractivity contribution in [2.24, 2.45) is 5.92 Å². The molecule has 3 fully saturated rings. The molecule has 6 atom stereocenters. The second kappa shape index (κ2) is 9.56. The Hall–Kier alpha value is -2.62. The molecule has 176 valence electrons. The zero-order valence-corrected chi connectivity index (χ0v) is 20.1. The maximum Gasteiger partial charge on any atom is 0.123 e. The summed E-state index contributed by atoms with van der Waals surface area (Å²) < 4.78 is 5.66. The van der Waals surface area contributed by atoms with Gasteiger partial charge in [0.2, 0.25) is 0 Å². The van der Waals surface area contributed by atoms with E-state index in [2.05, 4.69) is 95.1 Å². The van der Waals surface area contributed by atoms with Gasteiger partial charge in [0.05, 0.1) is 7.11 Å². The van der Waals surface area contributed by atoms with E-state index in [1.165, 1.54) is 48.8 Å². The lowest BCUT2D eigenvalue weighted by Gasteiger charge is -2.52. The molecule has 0 aliphatic carbocycles. The summed E-state index contributed by atoms with van der Waals surface area (Å²) in [6, 6.07) is 33.3. The second-order valence-electron chi connectivity index (χ2n) is 10.4. The van der Waals surface area contributed by atoms with E-state index in [0.717, 1.165) is 30.3 Å². The van der Waals surface area contributed by atoms with Crippen molar-refractivity contribution in [2.75, 3.05) is 7.11 Å². The fraction of sp³-hybridized carbons (Fsp3) is 0.419. The maximum atomic E-state index is 5.66. The Labute approximate surface area is 204 Å². The lowest BCUT2D eigenvalue weighted by atomic mass is 9.74. The molecule has 3 saturated heterocycles. The van der Waals surface area contributed by atoms with Gasteiger partial charge in [-0.2, -0.15) is 0 Å². The number of nitrogens with zero attached hydrogens (tertiary/aromatic N) is 1. The fourth-order valence-corrected chi connectivity index (χ4v) is 7.35. The van der Waals surface area contributed by atoms with Gasteiger partial charge in [0.1, 0.15) is 5.75 Å². The number of rotatable bonds is 7. The first kappa shape index (κ1) is 21.9. The van der Waals surface area contributed by atoms with Crippen LogP contribution in [0.3, 0.4) is 0 Å². The first-order valence-corrected chi connectivity index (χ1v) is 13.1. The molecule has 3 aliphatic heterocycles. The Morgan fingerprint density at radius 1 is 0.853 bits per heavy atom. The number of methoxy groups -OCH3 is 1. The molecule has 4 bridgehead atoms. The minimum absolute atomic E-state index is 0.361. The minimum atomic E-state index is 0.361. The van der Waals surface area contributed by atoms with Gasteiger partial charge in [-0.05, 0) is 48.8 Å². The van der Waals surface area contributed by atoms with Crippen LogP contribution in [-0.4, -0.2) is 36.2 Å². The van der Waals surface area contributed by atoms with Crippen molar-refractivity contribution in [1.82, 2.24) is 10.2 Å². The molecule has 3 nitrogen and oxygen atoms in total. The smallest absolute Gasteiger partial charge is 0.123 e. The van der Waals surface area contributed by atoms with Gasteiger partial charge < -0.3 is 10.1 Å². The van der Waals surface area contributed by atoms with E-state index < -0.39 is 0 Å². The number of benzene rings is 3. The van der Waals surface area contributed by atoms with E-state index in [9.17, 15) is 0 Å². The highest BCUT2D eigenvalue weighted by atomic mass is 16.5. The topological polar surface area (TPSA) is 24.5 Å². The van der Waals surface area contributed by atoms with Crippen molar-refractivity contribution in [3.8, 4) is 5.75 Å². The first-order valence-electron chi connectivity index (χ1n) is 13.1. The summed E-state index contributed by atoms with van der Waals surface area (Å²) in [6.07, 6.45) is 6.78. The van der Waals surface area contributed by atoms with Crippen LogP contribution in [0.2, 0.25) is 0 Å². The average Bonchev–Trinajstić information content (AvgIpc) is 3.02. The molecule has 0 radical (unpaired) electrons.